The molecular formula is C29H29N3O7. The highest BCUT2D eigenvalue weighted by Gasteiger charge is 2.50. The number of benzene rings is 1. The van der Waals surface area contributed by atoms with Gasteiger partial charge in [0, 0.05) is 35.8 Å². The largest absolute Gasteiger partial charge is 0.457 e. The number of amides is 1. The molecule has 0 fully saturated rings. The zero-order valence-corrected chi connectivity index (χ0v) is 21.9. The summed E-state index contributed by atoms with van der Waals surface area (Å²) in [5, 5.41) is 3.39. The summed E-state index contributed by atoms with van der Waals surface area (Å²) in [7, 11) is 0. The first kappa shape index (κ1) is 26.3. The quantitative estimate of drug-likeness (QED) is 0.326. The Morgan fingerprint density at radius 2 is 1.90 bits per heavy atom. The van der Waals surface area contributed by atoms with Gasteiger partial charge < -0.3 is 19.4 Å². The van der Waals surface area contributed by atoms with Crippen LogP contribution in [-0.4, -0.2) is 39.7 Å². The summed E-state index contributed by atoms with van der Waals surface area (Å²) < 4.78 is 12.6. The highest BCUT2D eigenvalue weighted by Crippen LogP contribution is 2.40. The van der Waals surface area contributed by atoms with Crippen LogP contribution in [0, 0.1) is 0 Å². The molecule has 202 valence electrons. The fraction of sp³-hybridized carbons (Fsp3) is 0.379. The minimum absolute atomic E-state index is 0.0188. The average Bonchev–Trinajstić information content (AvgIpc) is 3.29. The van der Waals surface area contributed by atoms with E-state index in [1.807, 2.05) is 37.3 Å². The van der Waals surface area contributed by atoms with Crippen LogP contribution in [0.2, 0.25) is 0 Å². The third-order valence-corrected chi connectivity index (χ3v) is 7.26. The lowest BCUT2D eigenvalue weighted by molar-refractivity contribution is -0.189. The van der Waals surface area contributed by atoms with E-state index in [0.717, 1.165) is 16.5 Å². The lowest BCUT2D eigenvalue weighted by atomic mass is 9.85. The number of cyclic esters (lactones) is 1. The molecule has 39 heavy (non-hydrogen) atoms. The summed E-state index contributed by atoms with van der Waals surface area (Å²) in [6.45, 7) is 3.14. The van der Waals surface area contributed by atoms with Crippen molar-refractivity contribution < 1.29 is 28.7 Å². The molecule has 0 spiro atoms. The Morgan fingerprint density at radius 1 is 1.10 bits per heavy atom. The number of fused-ring (bicyclic) bond motifs is 5. The molecule has 0 radical (unpaired) electrons. The van der Waals surface area contributed by atoms with Gasteiger partial charge in [0.1, 0.15) is 18.9 Å². The van der Waals surface area contributed by atoms with E-state index in [4.69, 9.17) is 14.5 Å². The van der Waals surface area contributed by atoms with Gasteiger partial charge in [-0.05, 0) is 31.0 Å². The van der Waals surface area contributed by atoms with Crippen LogP contribution in [0.5, 0.6) is 0 Å². The Bertz CT molecular complexity index is 1580. The van der Waals surface area contributed by atoms with E-state index in [9.17, 15) is 24.0 Å². The Kier molecular flexibility index (Phi) is 7.03. The molecule has 5 rings (SSSR count). The Morgan fingerprint density at radius 3 is 2.67 bits per heavy atom. The number of rotatable bonds is 9. The maximum Gasteiger partial charge on any atom is 0.355 e. The zero-order chi connectivity index (χ0) is 27.7. The van der Waals surface area contributed by atoms with Crippen molar-refractivity contribution >= 4 is 34.5 Å². The molecule has 2 aromatic heterocycles. The van der Waals surface area contributed by atoms with Gasteiger partial charge in [0.2, 0.25) is 11.5 Å². The maximum atomic E-state index is 13.6. The normalized spacial score (nSPS) is 17.1. The molecule has 1 atom stereocenters. The monoisotopic (exact) mass is 531 g/mol. The third kappa shape index (κ3) is 4.71. The minimum Gasteiger partial charge on any atom is -0.457 e. The number of aromatic nitrogens is 2. The van der Waals surface area contributed by atoms with E-state index in [1.165, 1.54) is 0 Å². The van der Waals surface area contributed by atoms with Crippen molar-refractivity contribution in [2.75, 3.05) is 6.54 Å². The average molecular weight is 532 g/mol. The van der Waals surface area contributed by atoms with Crippen molar-refractivity contribution in [1.29, 1.82) is 0 Å². The van der Waals surface area contributed by atoms with Gasteiger partial charge in [-0.15, -0.1) is 0 Å². The van der Waals surface area contributed by atoms with Crippen LogP contribution in [0.15, 0.2) is 41.2 Å². The molecule has 0 saturated heterocycles. The van der Waals surface area contributed by atoms with Crippen LogP contribution in [0.4, 0.5) is 0 Å². The lowest BCUT2D eigenvalue weighted by Crippen LogP contribution is -2.48. The molecule has 0 unspecified atom stereocenters. The molecule has 0 aliphatic carbocycles. The molecule has 2 aliphatic heterocycles. The van der Waals surface area contributed by atoms with Crippen LogP contribution >= 0.6 is 0 Å². The number of Topliss-reactive ketones (excluding diaryl/α,β-unsaturated/α-hetero) is 1. The smallest absolute Gasteiger partial charge is 0.355 e. The lowest BCUT2D eigenvalue weighted by Gasteiger charge is -2.35. The standard InChI is InChI=1S/C29H29N3O7/c1-3-7-19(33)10-11-24(34)30-14-25(35)39-29(4-2)21-13-23-26-18(12-17-8-5-6-9-22(17)31-26)15-32(23)27(36)20(21)16-38-28(29)37/h5-6,8-9,12-13H,3-4,7,10-11,14-16H2,1-2H3,(H,30,34)/t29-/m0/s1. The second-order valence-electron chi connectivity index (χ2n) is 9.80. The molecule has 1 aromatic carbocycles. The Balaban J connectivity index is 1.43. The number of carbonyl (C=O) groups is 4. The van der Waals surface area contributed by atoms with Crippen molar-refractivity contribution in [3.8, 4) is 11.4 Å². The molecule has 4 heterocycles. The van der Waals surface area contributed by atoms with Crippen molar-refractivity contribution in [3.05, 3.63) is 63.4 Å². The van der Waals surface area contributed by atoms with Gasteiger partial charge in [-0.2, -0.15) is 0 Å². The van der Waals surface area contributed by atoms with Gasteiger partial charge in [-0.25, -0.2) is 9.78 Å². The summed E-state index contributed by atoms with van der Waals surface area (Å²) in [6.07, 6.45) is 1.17. The summed E-state index contributed by atoms with van der Waals surface area (Å²) in [5.41, 5.74) is 1.14. The van der Waals surface area contributed by atoms with Gasteiger partial charge in [0.05, 0.1) is 29.0 Å². The molecule has 1 N–H and O–H groups in total. The van der Waals surface area contributed by atoms with Gasteiger partial charge in [0.15, 0.2) is 0 Å². The van der Waals surface area contributed by atoms with E-state index in [-0.39, 0.29) is 48.3 Å². The number of carbonyl (C=O) groups excluding carboxylic acids is 4. The van der Waals surface area contributed by atoms with Gasteiger partial charge in [0.25, 0.3) is 5.56 Å². The molecular weight excluding hydrogens is 502 g/mol. The van der Waals surface area contributed by atoms with Crippen LogP contribution in [0.25, 0.3) is 22.3 Å². The van der Waals surface area contributed by atoms with E-state index in [0.29, 0.717) is 30.8 Å². The van der Waals surface area contributed by atoms with Gasteiger partial charge >= 0.3 is 11.9 Å². The molecule has 1 amide bonds. The van der Waals surface area contributed by atoms with E-state index in [2.05, 4.69) is 5.32 Å². The second-order valence-corrected chi connectivity index (χ2v) is 9.80. The van der Waals surface area contributed by atoms with Crippen LogP contribution in [0.1, 0.15) is 62.6 Å². The summed E-state index contributed by atoms with van der Waals surface area (Å²) >= 11 is 0. The number of hydrogen-bond donors (Lipinski definition) is 1. The summed E-state index contributed by atoms with van der Waals surface area (Å²) in [4.78, 5) is 68.1. The molecule has 3 aromatic rings. The zero-order valence-electron chi connectivity index (χ0n) is 21.9. The Hall–Kier alpha value is -4.34. The number of para-hydroxylation sites is 1. The van der Waals surface area contributed by atoms with E-state index in [1.54, 1.807) is 17.6 Å². The van der Waals surface area contributed by atoms with E-state index >= 15 is 0 Å². The van der Waals surface area contributed by atoms with Crippen LogP contribution in [-0.2, 0) is 47.4 Å². The first-order valence-electron chi connectivity index (χ1n) is 13.1. The van der Waals surface area contributed by atoms with Gasteiger partial charge in [-0.3, -0.25) is 19.2 Å². The number of ketones is 1. The maximum absolute atomic E-state index is 13.6. The minimum atomic E-state index is -1.85. The van der Waals surface area contributed by atoms with Gasteiger partial charge in [-0.1, -0.05) is 32.0 Å². The number of hydrogen-bond acceptors (Lipinski definition) is 8. The van der Waals surface area contributed by atoms with Crippen molar-refractivity contribution in [2.45, 2.75) is 64.7 Å². The van der Waals surface area contributed by atoms with Crippen molar-refractivity contribution in [2.24, 2.45) is 0 Å². The molecule has 0 bridgehead atoms. The van der Waals surface area contributed by atoms with Crippen LogP contribution < -0.4 is 10.9 Å². The fourth-order valence-corrected chi connectivity index (χ4v) is 5.23. The third-order valence-electron chi connectivity index (χ3n) is 7.26. The number of pyridine rings is 2. The highest BCUT2D eigenvalue weighted by atomic mass is 16.6. The Labute approximate surface area is 224 Å². The van der Waals surface area contributed by atoms with Crippen molar-refractivity contribution in [1.82, 2.24) is 14.9 Å². The highest BCUT2D eigenvalue weighted by molar-refractivity contribution is 5.90. The molecule has 10 nitrogen and oxygen atoms in total. The van der Waals surface area contributed by atoms with Crippen molar-refractivity contribution in [3.63, 3.8) is 0 Å². The predicted octanol–water partition coefficient (Wildman–Crippen LogP) is 2.90. The number of ether oxygens (including phenoxy) is 2. The summed E-state index contributed by atoms with van der Waals surface area (Å²) in [6, 6.07) is 11.3. The number of esters is 2. The predicted molar refractivity (Wildman–Crippen MR) is 141 cm³/mol. The topological polar surface area (TPSA) is 134 Å². The van der Waals surface area contributed by atoms with E-state index < -0.39 is 30.0 Å². The molecule has 10 heteroatoms. The summed E-state index contributed by atoms with van der Waals surface area (Å²) in [5.74, 6) is -2.14. The second kappa shape index (κ2) is 10.4. The molecule has 0 saturated carbocycles. The first-order chi connectivity index (χ1) is 18.8. The number of nitrogens with zero attached hydrogens (tertiary/aromatic N) is 2. The molecule has 2 aliphatic rings. The van der Waals surface area contributed by atoms with Crippen LogP contribution in [0.3, 0.4) is 0 Å². The first-order valence-corrected chi connectivity index (χ1v) is 13.1. The SMILES string of the molecule is CCCC(=O)CCC(=O)NCC(=O)O[C@]1(CC)C(=O)OCc2c1cc1n(c2=O)Cc2cc3ccccc3nc2-1. The number of nitrogens with one attached hydrogen (secondary N) is 1. The fourth-order valence-electron chi connectivity index (χ4n) is 5.23.